The summed E-state index contributed by atoms with van der Waals surface area (Å²) in [6, 6.07) is 0.335. The first-order chi connectivity index (χ1) is 10.8. The van der Waals surface area contributed by atoms with Crippen molar-refractivity contribution in [3.8, 4) is 0 Å². The summed E-state index contributed by atoms with van der Waals surface area (Å²) in [6.45, 7) is 3.08. The molecule has 0 aromatic carbocycles. The summed E-state index contributed by atoms with van der Waals surface area (Å²) < 4.78 is 17.6. The van der Waals surface area contributed by atoms with Gasteiger partial charge in [0.25, 0.3) is 0 Å². The molecule has 0 aromatic heterocycles. The first-order valence-corrected chi connectivity index (χ1v) is 9.02. The smallest absolute Gasteiger partial charge is 0.306 e. The summed E-state index contributed by atoms with van der Waals surface area (Å²) in [5.41, 5.74) is 0. The highest BCUT2D eigenvalue weighted by molar-refractivity contribution is 5.72. The van der Waals surface area contributed by atoms with E-state index in [-0.39, 0.29) is 24.5 Å². The number of carbonyl (C=O) groups excluding carboxylic acids is 1. The molecule has 0 bridgehead atoms. The molecule has 5 nitrogen and oxygen atoms in total. The molecule has 124 valence electrons. The fourth-order valence-corrected chi connectivity index (χ4v) is 4.71. The summed E-state index contributed by atoms with van der Waals surface area (Å²) in [6.07, 6.45) is 8.75. The molecule has 3 aliphatic heterocycles. The van der Waals surface area contributed by atoms with Gasteiger partial charge in [-0.2, -0.15) is 0 Å². The molecule has 5 heteroatoms. The maximum Gasteiger partial charge on any atom is 0.306 e. The minimum atomic E-state index is -0.0550. The Hall–Kier alpha value is -0.650. The minimum Gasteiger partial charge on any atom is -0.462 e. The van der Waals surface area contributed by atoms with Gasteiger partial charge in [0.1, 0.15) is 6.10 Å². The van der Waals surface area contributed by atoms with Crippen LogP contribution in [0.5, 0.6) is 0 Å². The van der Waals surface area contributed by atoms with Gasteiger partial charge in [-0.05, 0) is 45.2 Å². The quantitative estimate of drug-likeness (QED) is 0.747. The van der Waals surface area contributed by atoms with Crippen LogP contribution in [0.1, 0.15) is 51.4 Å². The second-order valence-electron chi connectivity index (χ2n) is 7.19. The van der Waals surface area contributed by atoms with E-state index in [1.165, 1.54) is 25.7 Å². The van der Waals surface area contributed by atoms with Crippen molar-refractivity contribution in [1.29, 1.82) is 0 Å². The lowest BCUT2D eigenvalue weighted by atomic mass is 9.95. The predicted molar refractivity (Wildman–Crippen MR) is 80.3 cm³/mol. The second kappa shape index (κ2) is 6.46. The fraction of sp³-hybridized carbons (Fsp3) is 0.941. The molecule has 4 aliphatic rings. The maximum absolute atomic E-state index is 11.7. The van der Waals surface area contributed by atoms with Crippen LogP contribution in [0.2, 0.25) is 0 Å². The van der Waals surface area contributed by atoms with E-state index in [2.05, 4.69) is 4.90 Å². The van der Waals surface area contributed by atoms with Crippen LogP contribution < -0.4 is 0 Å². The number of rotatable bonds is 3. The molecule has 4 fully saturated rings. The van der Waals surface area contributed by atoms with Gasteiger partial charge < -0.3 is 14.2 Å². The first-order valence-electron chi connectivity index (χ1n) is 9.02. The SMILES string of the molecule is O=C1C[C@H]2[C@H](N3CCCCC3)[C@@H](OC3CCCCO3)C[C@H]2O1. The molecule has 1 aliphatic carbocycles. The summed E-state index contributed by atoms with van der Waals surface area (Å²) in [7, 11) is 0. The molecule has 3 heterocycles. The van der Waals surface area contributed by atoms with Gasteiger partial charge in [-0.15, -0.1) is 0 Å². The molecule has 0 amide bonds. The zero-order valence-corrected chi connectivity index (χ0v) is 13.2. The van der Waals surface area contributed by atoms with Gasteiger partial charge in [0.15, 0.2) is 6.29 Å². The number of carbonyl (C=O) groups is 1. The minimum absolute atomic E-state index is 0.0237. The van der Waals surface area contributed by atoms with Crippen molar-refractivity contribution >= 4 is 5.97 Å². The Morgan fingerprint density at radius 1 is 1.09 bits per heavy atom. The Morgan fingerprint density at radius 3 is 2.73 bits per heavy atom. The van der Waals surface area contributed by atoms with Crippen LogP contribution in [-0.2, 0) is 19.0 Å². The van der Waals surface area contributed by atoms with Gasteiger partial charge in [-0.3, -0.25) is 9.69 Å². The normalized spacial score (nSPS) is 43.1. The maximum atomic E-state index is 11.7. The van der Waals surface area contributed by atoms with E-state index in [0.717, 1.165) is 39.0 Å². The highest BCUT2D eigenvalue weighted by Gasteiger charge is 2.53. The molecular formula is C17H27NO4. The molecular weight excluding hydrogens is 282 g/mol. The topological polar surface area (TPSA) is 48.0 Å². The van der Waals surface area contributed by atoms with Crippen LogP contribution >= 0.6 is 0 Å². The predicted octanol–water partition coefficient (Wildman–Crippen LogP) is 2.09. The summed E-state index contributed by atoms with van der Waals surface area (Å²) in [4.78, 5) is 14.2. The van der Waals surface area contributed by atoms with E-state index >= 15 is 0 Å². The second-order valence-corrected chi connectivity index (χ2v) is 7.19. The van der Waals surface area contributed by atoms with Gasteiger partial charge in [-0.25, -0.2) is 0 Å². The molecule has 22 heavy (non-hydrogen) atoms. The number of likely N-dealkylation sites (tertiary alicyclic amines) is 1. The van der Waals surface area contributed by atoms with Crippen LogP contribution in [0.25, 0.3) is 0 Å². The molecule has 0 radical (unpaired) electrons. The Morgan fingerprint density at radius 2 is 1.95 bits per heavy atom. The zero-order chi connectivity index (χ0) is 14.9. The van der Waals surface area contributed by atoms with Crippen molar-refractivity contribution in [3.63, 3.8) is 0 Å². The average Bonchev–Trinajstić information content (AvgIpc) is 3.04. The lowest BCUT2D eigenvalue weighted by Gasteiger charge is -2.39. The van der Waals surface area contributed by atoms with Crippen molar-refractivity contribution in [1.82, 2.24) is 4.90 Å². The van der Waals surface area contributed by atoms with E-state index in [1.54, 1.807) is 0 Å². The van der Waals surface area contributed by atoms with Gasteiger partial charge in [0.05, 0.1) is 12.5 Å². The molecule has 3 saturated heterocycles. The lowest BCUT2D eigenvalue weighted by molar-refractivity contribution is -0.199. The Balaban J connectivity index is 1.47. The zero-order valence-electron chi connectivity index (χ0n) is 13.2. The Bertz CT molecular complexity index is 403. The summed E-state index contributed by atoms with van der Waals surface area (Å²) >= 11 is 0. The van der Waals surface area contributed by atoms with Crippen molar-refractivity contribution in [3.05, 3.63) is 0 Å². The molecule has 1 unspecified atom stereocenters. The average molecular weight is 309 g/mol. The van der Waals surface area contributed by atoms with E-state index in [0.29, 0.717) is 18.4 Å². The van der Waals surface area contributed by atoms with E-state index in [9.17, 15) is 4.79 Å². The molecule has 0 N–H and O–H groups in total. The highest BCUT2D eigenvalue weighted by Crippen LogP contribution is 2.42. The third-order valence-electron chi connectivity index (χ3n) is 5.72. The monoisotopic (exact) mass is 309 g/mol. The van der Waals surface area contributed by atoms with E-state index in [4.69, 9.17) is 14.2 Å². The van der Waals surface area contributed by atoms with Crippen molar-refractivity contribution < 1.29 is 19.0 Å². The van der Waals surface area contributed by atoms with Gasteiger partial charge in [-0.1, -0.05) is 6.42 Å². The van der Waals surface area contributed by atoms with Crippen LogP contribution in [0, 0.1) is 5.92 Å². The van der Waals surface area contributed by atoms with Crippen LogP contribution in [-0.4, -0.2) is 55.1 Å². The highest BCUT2D eigenvalue weighted by atomic mass is 16.7. The number of hydrogen-bond donors (Lipinski definition) is 0. The van der Waals surface area contributed by atoms with E-state index in [1.807, 2.05) is 0 Å². The first kappa shape index (κ1) is 14.9. The van der Waals surface area contributed by atoms with Gasteiger partial charge in [0, 0.05) is 25.0 Å². The molecule has 4 rings (SSSR count). The molecule has 1 saturated carbocycles. The Labute approximate surface area is 132 Å². The molecule has 0 aromatic rings. The number of hydrogen-bond acceptors (Lipinski definition) is 5. The standard InChI is InChI=1S/C17H27NO4/c19-15-10-12-13(21-15)11-14(22-16-6-2-5-9-20-16)17(12)18-7-3-1-4-8-18/h12-14,16-17H,1-11H2/t12-,13-,14+,16?,17+/m1/s1. The molecule has 0 spiro atoms. The van der Waals surface area contributed by atoms with Crippen molar-refractivity contribution in [2.45, 2.75) is 75.9 Å². The third-order valence-corrected chi connectivity index (χ3v) is 5.72. The van der Waals surface area contributed by atoms with Crippen molar-refractivity contribution in [2.75, 3.05) is 19.7 Å². The number of esters is 1. The fourth-order valence-electron chi connectivity index (χ4n) is 4.71. The number of ether oxygens (including phenoxy) is 3. The van der Waals surface area contributed by atoms with Crippen LogP contribution in [0.15, 0.2) is 0 Å². The van der Waals surface area contributed by atoms with Crippen LogP contribution in [0.3, 0.4) is 0 Å². The number of piperidine rings is 1. The largest absolute Gasteiger partial charge is 0.462 e. The van der Waals surface area contributed by atoms with Crippen molar-refractivity contribution in [2.24, 2.45) is 5.92 Å². The lowest BCUT2D eigenvalue weighted by Crippen LogP contribution is -2.49. The Kier molecular flexibility index (Phi) is 4.38. The summed E-state index contributed by atoms with van der Waals surface area (Å²) in [5, 5.41) is 0. The number of nitrogens with zero attached hydrogens (tertiary/aromatic N) is 1. The van der Waals surface area contributed by atoms with Gasteiger partial charge >= 0.3 is 5.97 Å². The number of fused-ring (bicyclic) bond motifs is 1. The third kappa shape index (κ3) is 2.91. The van der Waals surface area contributed by atoms with E-state index < -0.39 is 0 Å². The van der Waals surface area contributed by atoms with Crippen LogP contribution in [0.4, 0.5) is 0 Å². The van der Waals surface area contributed by atoms with Gasteiger partial charge in [0.2, 0.25) is 0 Å². The molecule has 5 atom stereocenters. The summed E-state index contributed by atoms with van der Waals surface area (Å²) in [5.74, 6) is 0.295.